The zero-order valence-corrected chi connectivity index (χ0v) is 12.4. The van der Waals surface area contributed by atoms with Crippen molar-refractivity contribution in [3.05, 3.63) is 65.2 Å². The molecule has 0 aliphatic carbocycles. The Morgan fingerprint density at radius 1 is 1.05 bits per heavy atom. The molecule has 5 heteroatoms. The van der Waals surface area contributed by atoms with Crippen LogP contribution in [0.3, 0.4) is 0 Å². The summed E-state index contributed by atoms with van der Waals surface area (Å²) in [5.74, 6) is 0. The predicted molar refractivity (Wildman–Crippen MR) is 80.1 cm³/mol. The van der Waals surface area contributed by atoms with Gasteiger partial charge in [-0.3, -0.25) is 0 Å². The topological polar surface area (TPSA) is 57.6 Å². The molecule has 0 bridgehead atoms. The van der Waals surface area contributed by atoms with Crippen LogP contribution in [0.5, 0.6) is 0 Å². The van der Waals surface area contributed by atoms with Crippen LogP contribution in [0.25, 0.3) is 0 Å². The smallest absolute Gasteiger partial charge is 0.243 e. The van der Waals surface area contributed by atoms with Crippen molar-refractivity contribution in [1.82, 2.24) is 4.31 Å². The van der Waals surface area contributed by atoms with Crippen molar-refractivity contribution in [3.63, 3.8) is 0 Å². The molecule has 0 radical (unpaired) electrons. The molecule has 0 saturated carbocycles. The zero-order chi connectivity index (χ0) is 14.9. The monoisotopic (exact) mass is 303 g/mol. The lowest BCUT2D eigenvalue weighted by molar-refractivity contribution is 0.281. The van der Waals surface area contributed by atoms with Crippen LogP contribution < -0.4 is 0 Å². The Morgan fingerprint density at radius 2 is 1.81 bits per heavy atom. The Labute approximate surface area is 124 Å². The van der Waals surface area contributed by atoms with E-state index in [-0.39, 0.29) is 11.5 Å². The van der Waals surface area contributed by atoms with Gasteiger partial charge in [0.05, 0.1) is 11.5 Å². The molecule has 0 aromatic heterocycles. The van der Waals surface area contributed by atoms with E-state index >= 15 is 0 Å². The maximum atomic E-state index is 12.7. The molecule has 1 aliphatic rings. The van der Waals surface area contributed by atoms with Crippen molar-refractivity contribution in [2.45, 2.75) is 24.5 Å². The summed E-state index contributed by atoms with van der Waals surface area (Å²) in [6.07, 6.45) is 0.731. The molecule has 0 amide bonds. The fraction of sp³-hybridized carbons (Fsp3) is 0.250. The molecule has 110 valence electrons. The van der Waals surface area contributed by atoms with Crippen LogP contribution in [0.2, 0.25) is 0 Å². The summed E-state index contributed by atoms with van der Waals surface area (Å²) in [7, 11) is -3.52. The lowest BCUT2D eigenvalue weighted by Crippen LogP contribution is -2.35. The summed E-state index contributed by atoms with van der Waals surface area (Å²) in [4.78, 5) is 0.244. The van der Waals surface area contributed by atoms with Crippen molar-refractivity contribution in [2.24, 2.45) is 0 Å². The molecule has 4 nitrogen and oxygen atoms in total. The average Bonchev–Trinajstić information content (AvgIpc) is 2.54. The van der Waals surface area contributed by atoms with Gasteiger partial charge < -0.3 is 5.11 Å². The van der Waals surface area contributed by atoms with Gasteiger partial charge in [0.15, 0.2) is 0 Å². The van der Waals surface area contributed by atoms with Crippen LogP contribution in [0.15, 0.2) is 53.4 Å². The van der Waals surface area contributed by atoms with E-state index in [1.54, 1.807) is 18.2 Å². The van der Waals surface area contributed by atoms with Crippen LogP contribution in [-0.2, 0) is 29.6 Å². The van der Waals surface area contributed by atoms with Gasteiger partial charge in [0.1, 0.15) is 0 Å². The van der Waals surface area contributed by atoms with Crippen LogP contribution >= 0.6 is 0 Å². The Hall–Kier alpha value is -1.69. The molecule has 2 aromatic carbocycles. The van der Waals surface area contributed by atoms with E-state index in [0.717, 1.165) is 12.0 Å². The van der Waals surface area contributed by atoms with E-state index in [4.69, 9.17) is 5.11 Å². The minimum Gasteiger partial charge on any atom is -0.392 e. The molecular formula is C16H17NO3S. The second-order valence-electron chi connectivity index (χ2n) is 5.16. The Morgan fingerprint density at radius 3 is 2.57 bits per heavy atom. The van der Waals surface area contributed by atoms with E-state index < -0.39 is 10.0 Å². The minimum atomic E-state index is -3.52. The van der Waals surface area contributed by atoms with Gasteiger partial charge in [0.2, 0.25) is 10.0 Å². The molecule has 2 aromatic rings. The number of hydrogen-bond donors (Lipinski definition) is 1. The van der Waals surface area contributed by atoms with E-state index in [2.05, 4.69) is 0 Å². The van der Waals surface area contributed by atoms with E-state index in [1.807, 2.05) is 24.3 Å². The molecule has 0 saturated heterocycles. The second-order valence-corrected chi connectivity index (χ2v) is 7.10. The van der Waals surface area contributed by atoms with Crippen molar-refractivity contribution < 1.29 is 13.5 Å². The molecule has 3 rings (SSSR count). The summed E-state index contributed by atoms with van der Waals surface area (Å²) in [5.41, 5.74) is 2.88. The largest absolute Gasteiger partial charge is 0.392 e. The van der Waals surface area contributed by atoms with E-state index in [9.17, 15) is 8.42 Å². The van der Waals surface area contributed by atoms with Crippen molar-refractivity contribution in [3.8, 4) is 0 Å². The van der Waals surface area contributed by atoms with Crippen LogP contribution in [-0.4, -0.2) is 24.4 Å². The fourth-order valence-corrected chi connectivity index (χ4v) is 4.12. The quantitative estimate of drug-likeness (QED) is 0.942. The van der Waals surface area contributed by atoms with Gasteiger partial charge in [-0.25, -0.2) is 8.42 Å². The SMILES string of the molecule is O=S(=O)(c1cccc(CO)c1)N1CCc2ccccc2C1. The van der Waals surface area contributed by atoms with Gasteiger partial charge in [-0.15, -0.1) is 0 Å². The molecule has 0 atom stereocenters. The predicted octanol–water partition coefficient (Wildman–Crippen LogP) is 1.93. The fourth-order valence-electron chi connectivity index (χ4n) is 2.63. The van der Waals surface area contributed by atoms with Gasteiger partial charge in [-0.05, 0) is 35.2 Å². The first-order chi connectivity index (χ1) is 10.1. The lowest BCUT2D eigenvalue weighted by atomic mass is 10.0. The number of hydrogen-bond acceptors (Lipinski definition) is 3. The van der Waals surface area contributed by atoms with Crippen LogP contribution in [0, 0.1) is 0 Å². The second kappa shape index (κ2) is 5.60. The van der Waals surface area contributed by atoms with Crippen LogP contribution in [0.4, 0.5) is 0 Å². The first-order valence-electron chi connectivity index (χ1n) is 6.88. The van der Waals surface area contributed by atoms with Gasteiger partial charge in [-0.2, -0.15) is 4.31 Å². The Balaban J connectivity index is 1.93. The molecule has 1 N–H and O–H groups in total. The summed E-state index contributed by atoms with van der Waals surface area (Å²) in [5, 5.41) is 9.16. The lowest BCUT2D eigenvalue weighted by Gasteiger charge is -2.28. The number of aliphatic hydroxyl groups excluding tert-OH is 1. The third kappa shape index (κ3) is 2.72. The molecular weight excluding hydrogens is 286 g/mol. The number of benzene rings is 2. The highest BCUT2D eigenvalue weighted by molar-refractivity contribution is 7.89. The molecule has 0 unspecified atom stereocenters. The first kappa shape index (κ1) is 14.3. The van der Waals surface area contributed by atoms with Gasteiger partial charge in [0.25, 0.3) is 0 Å². The zero-order valence-electron chi connectivity index (χ0n) is 11.6. The third-order valence-corrected chi connectivity index (χ3v) is 5.66. The summed E-state index contributed by atoms with van der Waals surface area (Å²) in [6, 6.07) is 14.4. The highest BCUT2D eigenvalue weighted by atomic mass is 32.2. The van der Waals surface area contributed by atoms with Crippen LogP contribution in [0.1, 0.15) is 16.7 Å². The number of fused-ring (bicyclic) bond motifs is 1. The normalized spacial score (nSPS) is 15.7. The molecule has 0 fully saturated rings. The number of aliphatic hydroxyl groups is 1. The van der Waals surface area contributed by atoms with Crippen molar-refractivity contribution in [1.29, 1.82) is 0 Å². The standard InChI is InChI=1S/C16H17NO3S/c18-12-13-4-3-7-16(10-13)21(19,20)17-9-8-14-5-1-2-6-15(14)11-17/h1-7,10,18H,8-9,11-12H2. The van der Waals surface area contributed by atoms with Gasteiger partial charge >= 0.3 is 0 Å². The average molecular weight is 303 g/mol. The third-order valence-electron chi connectivity index (χ3n) is 3.81. The molecule has 0 spiro atoms. The van der Waals surface area contributed by atoms with Gasteiger partial charge in [0, 0.05) is 13.1 Å². The van der Waals surface area contributed by atoms with E-state index in [1.165, 1.54) is 15.9 Å². The van der Waals surface area contributed by atoms with Crippen molar-refractivity contribution >= 4 is 10.0 Å². The van der Waals surface area contributed by atoms with E-state index in [0.29, 0.717) is 18.7 Å². The summed E-state index contributed by atoms with van der Waals surface area (Å²) in [6.45, 7) is 0.733. The maximum absolute atomic E-state index is 12.7. The number of nitrogens with zero attached hydrogens (tertiary/aromatic N) is 1. The number of rotatable bonds is 3. The molecule has 1 aliphatic heterocycles. The molecule has 21 heavy (non-hydrogen) atoms. The van der Waals surface area contributed by atoms with Crippen molar-refractivity contribution in [2.75, 3.05) is 6.54 Å². The number of sulfonamides is 1. The maximum Gasteiger partial charge on any atom is 0.243 e. The Kier molecular flexibility index (Phi) is 3.80. The molecule has 1 heterocycles. The Bertz CT molecular complexity index is 756. The first-order valence-corrected chi connectivity index (χ1v) is 8.32. The van der Waals surface area contributed by atoms with Gasteiger partial charge in [-0.1, -0.05) is 36.4 Å². The highest BCUT2D eigenvalue weighted by Crippen LogP contribution is 2.25. The minimum absolute atomic E-state index is 0.161. The highest BCUT2D eigenvalue weighted by Gasteiger charge is 2.28. The summed E-state index contributed by atoms with van der Waals surface area (Å²) < 4.78 is 26.9. The summed E-state index contributed by atoms with van der Waals surface area (Å²) >= 11 is 0.